The van der Waals surface area contributed by atoms with Gasteiger partial charge in [0.1, 0.15) is 0 Å². The molecule has 2 N–H and O–H groups in total. The molecule has 5 heteroatoms. The molecule has 0 radical (unpaired) electrons. The summed E-state index contributed by atoms with van der Waals surface area (Å²) in [7, 11) is -3.37. The van der Waals surface area contributed by atoms with Crippen LogP contribution in [-0.2, 0) is 16.6 Å². The zero-order valence-electron chi connectivity index (χ0n) is 12.5. The molecular weight excluding hydrogens is 284 g/mol. The molecule has 0 amide bonds. The molecule has 2 saturated carbocycles. The molecule has 0 heterocycles. The van der Waals surface area contributed by atoms with Crippen LogP contribution in [0.2, 0.25) is 0 Å². The van der Waals surface area contributed by atoms with E-state index in [4.69, 9.17) is 0 Å². The van der Waals surface area contributed by atoms with Crippen molar-refractivity contribution in [3.05, 3.63) is 29.8 Å². The minimum absolute atomic E-state index is 0.142. The van der Waals surface area contributed by atoms with Crippen LogP contribution in [0.15, 0.2) is 29.2 Å². The monoisotopic (exact) mass is 308 g/mol. The Morgan fingerprint density at radius 2 is 2.10 bits per heavy atom. The van der Waals surface area contributed by atoms with Crippen LogP contribution in [0.3, 0.4) is 0 Å². The Labute approximate surface area is 127 Å². The van der Waals surface area contributed by atoms with Gasteiger partial charge in [0, 0.05) is 18.6 Å². The fraction of sp³-hybridized carbons (Fsp3) is 0.625. The fourth-order valence-corrected chi connectivity index (χ4v) is 4.11. The topological polar surface area (TPSA) is 58.2 Å². The highest BCUT2D eigenvalue weighted by molar-refractivity contribution is 7.89. The third-order valence-electron chi connectivity index (χ3n) is 4.27. The summed E-state index contributed by atoms with van der Waals surface area (Å²) in [5, 5.41) is 3.41. The summed E-state index contributed by atoms with van der Waals surface area (Å²) in [6.07, 6.45) is 5.68. The molecule has 2 aliphatic carbocycles. The second kappa shape index (κ2) is 6.07. The molecule has 2 unspecified atom stereocenters. The van der Waals surface area contributed by atoms with Gasteiger partial charge < -0.3 is 5.32 Å². The first kappa shape index (κ1) is 15.0. The number of hydrogen-bond acceptors (Lipinski definition) is 3. The van der Waals surface area contributed by atoms with E-state index in [1.165, 1.54) is 12.8 Å². The normalized spacial score (nSPS) is 25.0. The maximum atomic E-state index is 12.4. The molecule has 0 aromatic heterocycles. The van der Waals surface area contributed by atoms with E-state index in [-0.39, 0.29) is 6.04 Å². The van der Waals surface area contributed by atoms with Crippen LogP contribution in [0.25, 0.3) is 0 Å². The van der Waals surface area contributed by atoms with E-state index < -0.39 is 10.0 Å². The predicted octanol–water partition coefficient (Wildman–Crippen LogP) is 2.41. The molecule has 21 heavy (non-hydrogen) atoms. The van der Waals surface area contributed by atoms with E-state index in [1.54, 1.807) is 12.1 Å². The van der Waals surface area contributed by atoms with Crippen molar-refractivity contribution >= 4 is 10.0 Å². The molecular formula is C16H24N2O2S. The first-order valence-corrected chi connectivity index (χ1v) is 9.41. The molecule has 1 aromatic rings. The zero-order valence-corrected chi connectivity index (χ0v) is 13.3. The lowest BCUT2D eigenvalue weighted by Gasteiger charge is -2.09. The van der Waals surface area contributed by atoms with Crippen molar-refractivity contribution in [3.8, 4) is 0 Å². The smallest absolute Gasteiger partial charge is 0.240 e. The number of benzene rings is 1. The minimum atomic E-state index is -3.37. The van der Waals surface area contributed by atoms with E-state index >= 15 is 0 Å². The van der Waals surface area contributed by atoms with Crippen LogP contribution in [0.1, 0.15) is 44.6 Å². The van der Waals surface area contributed by atoms with Gasteiger partial charge in [-0.05, 0) is 49.3 Å². The summed E-state index contributed by atoms with van der Waals surface area (Å²) in [5.74, 6) is 0.532. The van der Waals surface area contributed by atoms with Gasteiger partial charge in [-0.3, -0.25) is 0 Å². The molecule has 1 aromatic carbocycles. The number of rotatable bonds is 8. The fourth-order valence-electron chi connectivity index (χ4n) is 2.72. The highest BCUT2D eigenvalue weighted by Crippen LogP contribution is 2.35. The van der Waals surface area contributed by atoms with Crippen molar-refractivity contribution in [1.82, 2.24) is 10.0 Å². The molecule has 2 aliphatic rings. The van der Waals surface area contributed by atoms with Gasteiger partial charge in [-0.15, -0.1) is 0 Å². The maximum Gasteiger partial charge on any atom is 0.240 e. The van der Waals surface area contributed by atoms with E-state index in [2.05, 4.69) is 17.0 Å². The summed E-state index contributed by atoms with van der Waals surface area (Å²) in [6, 6.07) is 8.04. The van der Waals surface area contributed by atoms with E-state index in [9.17, 15) is 8.42 Å². The Morgan fingerprint density at radius 1 is 1.29 bits per heavy atom. The van der Waals surface area contributed by atoms with Gasteiger partial charge in [0.2, 0.25) is 10.0 Å². The highest BCUT2D eigenvalue weighted by Gasteiger charge is 2.39. The van der Waals surface area contributed by atoms with E-state index in [0.717, 1.165) is 31.4 Å². The first-order chi connectivity index (χ1) is 10.1. The summed E-state index contributed by atoms with van der Waals surface area (Å²) in [6.45, 7) is 2.89. The second-order valence-corrected chi connectivity index (χ2v) is 8.03. The lowest BCUT2D eigenvalue weighted by Crippen LogP contribution is -2.27. The highest BCUT2D eigenvalue weighted by atomic mass is 32.2. The zero-order chi connectivity index (χ0) is 14.9. The van der Waals surface area contributed by atoms with Gasteiger partial charge in [-0.2, -0.15) is 0 Å². The van der Waals surface area contributed by atoms with Crippen LogP contribution in [-0.4, -0.2) is 20.5 Å². The van der Waals surface area contributed by atoms with Gasteiger partial charge in [0.05, 0.1) is 4.90 Å². The average Bonchev–Trinajstić information content (AvgIpc) is 3.35. The quantitative estimate of drug-likeness (QED) is 0.775. The van der Waals surface area contributed by atoms with Crippen molar-refractivity contribution in [2.24, 2.45) is 5.92 Å². The van der Waals surface area contributed by atoms with Gasteiger partial charge in [0.15, 0.2) is 0 Å². The molecule has 4 nitrogen and oxygen atoms in total. The lowest BCUT2D eigenvalue weighted by atomic mass is 10.2. The van der Waals surface area contributed by atoms with E-state index in [0.29, 0.717) is 16.9 Å². The van der Waals surface area contributed by atoms with E-state index in [1.807, 2.05) is 12.1 Å². The maximum absolute atomic E-state index is 12.4. The van der Waals surface area contributed by atoms with Crippen molar-refractivity contribution in [2.45, 2.75) is 62.6 Å². The number of sulfonamides is 1. The Kier molecular flexibility index (Phi) is 4.33. The Morgan fingerprint density at radius 3 is 2.81 bits per heavy atom. The molecule has 0 spiro atoms. The van der Waals surface area contributed by atoms with Crippen LogP contribution in [0.5, 0.6) is 0 Å². The molecule has 2 atom stereocenters. The van der Waals surface area contributed by atoms with Crippen LogP contribution >= 0.6 is 0 Å². The molecule has 2 fully saturated rings. The van der Waals surface area contributed by atoms with Gasteiger partial charge in [0.25, 0.3) is 0 Å². The van der Waals surface area contributed by atoms with Crippen LogP contribution in [0.4, 0.5) is 0 Å². The van der Waals surface area contributed by atoms with Gasteiger partial charge in [-0.1, -0.05) is 25.5 Å². The molecule has 3 rings (SSSR count). The summed E-state index contributed by atoms with van der Waals surface area (Å²) < 4.78 is 27.6. The summed E-state index contributed by atoms with van der Waals surface area (Å²) in [4.78, 5) is 0.389. The number of nitrogens with one attached hydrogen (secondary N) is 2. The average molecular weight is 308 g/mol. The largest absolute Gasteiger partial charge is 0.310 e. The standard InChI is InChI=1S/C16H24N2O2S/c1-2-4-13-10-16(13)18-21(19,20)15-6-3-5-12(9-15)11-17-14-7-8-14/h3,5-6,9,13-14,16-18H,2,4,7-8,10-11H2,1H3. The summed E-state index contributed by atoms with van der Waals surface area (Å²) >= 11 is 0. The molecule has 0 aliphatic heterocycles. The predicted molar refractivity (Wildman–Crippen MR) is 83.4 cm³/mol. The molecule has 0 bridgehead atoms. The summed E-state index contributed by atoms with van der Waals surface area (Å²) in [5.41, 5.74) is 1.03. The minimum Gasteiger partial charge on any atom is -0.310 e. The Hall–Kier alpha value is -0.910. The third-order valence-corrected chi connectivity index (χ3v) is 5.76. The SMILES string of the molecule is CCCC1CC1NS(=O)(=O)c1cccc(CNC2CC2)c1. The van der Waals surface area contributed by atoms with Crippen molar-refractivity contribution in [3.63, 3.8) is 0 Å². The van der Waals surface area contributed by atoms with Gasteiger partial charge in [-0.25, -0.2) is 13.1 Å². The number of hydrogen-bond donors (Lipinski definition) is 2. The lowest BCUT2D eigenvalue weighted by molar-refractivity contribution is 0.572. The molecule has 0 saturated heterocycles. The Balaban J connectivity index is 1.62. The van der Waals surface area contributed by atoms with Gasteiger partial charge >= 0.3 is 0 Å². The van der Waals surface area contributed by atoms with Crippen molar-refractivity contribution < 1.29 is 8.42 Å². The van der Waals surface area contributed by atoms with Crippen LogP contribution < -0.4 is 10.0 Å². The molecule has 116 valence electrons. The first-order valence-electron chi connectivity index (χ1n) is 7.93. The second-order valence-electron chi connectivity index (χ2n) is 6.31. The van der Waals surface area contributed by atoms with Crippen molar-refractivity contribution in [1.29, 1.82) is 0 Å². The Bertz CT molecular complexity index is 596. The van der Waals surface area contributed by atoms with Crippen molar-refractivity contribution in [2.75, 3.05) is 0 Å². The van der Waals surface area contributed by atoms with Crippen LogP contribution in [0, 0.1) is 5.92 Å². The third kappa shape index (κ3) is 4.05.